The number of carbonyl (C=O) groups excluding carboxylic acids is 1. The smallest absolute Gasteiger partial charge is 0.302 e. The van der Waals surface area contributed by atoms with Gasteiger partial charge in [0.25, 0.3) is 0 Å². The van der Waals surface area contributed by atoms with Crippen LogP contribution in [0.5, 0.6) is 0 Å². The van der Waals surface area contributed by atoms with E-state index in [0.717, 1.165) is 12.3 Å². The van der Waals surface area contributed by atoms with Gasteiger partial charge in [-0.1, -0.05) is 13.8 Å². The first-order valence-electron chi connectivity index (χ1n) is 5.19. The minimum absolute atomic E-state index is 0.117. The van der Waals surface area contributed by atoms with Gasteiger partial charge in [-0.3, -0.25) is 4.79 Å². The molecule has 0 unspecified atom stereocenters. The van der Waals surface area contributed by atoms with Gasteiger partial charge < -0.3 is 4.74 Å². The molecule has 13 heavy (non-hydrogen) atoms. The van der Waals surface area contributed by atoms with Gasteiger partial charge in [0.15, 0.2) is 0 Å². The summed E-state index contributed by atoms with van der Waals surface area (Å²) in [7, 11) is 0. The molecule has 2 heteroatoms. The summed E-state index contributed by atoms with van der Waals surface area (Å²) < 4.78 is 5.34. The summed E-state index contributed by atoms with van der Waals surface area (Å²) in [6, 6.07) is 0. The van der Waals surface area contributed by atoms with Gasteiger partial charge in [-0.25, -0.2) is 0 Å². The second-order valence-corrected chi connectivity index (χ2v) is 5.09. The lowest BCUT2D eigenvalue weighted by atomic mass is 9.82. The molecule has 0 aromatic carbocycles. The summed E-state index contributed by atoms with van der Waals surface area (Å²) in [5.41, 5.74) is 0.403. The molecular weight excluding hydrogens is 164 g/mol. The van der Waals surface area contributed by atoms with Crippen molar-refractivity contribution in [2.24, 2.45) is 17.3 Å². The molecule has 2 nitrogen and oxygen atoms in total. The van der Waals surface area contributed by atoms with Crippen LogP contribution < -0.4 is 0 Å². The molecule has 0 radical (unpaired) electrons. The number of carbonyl (C=O) groups is 1. The van der Waals surface area contributed by atoms with Crippen molar-refractivity contribution in [3.05, 3.63) is 0 Å². The summed E-state index contributed by atoms with van der Waals surface area (Å²) in [4.78, 5) is 10.9. The average Bonchev–Trinajstić information content (AvgIpc) is 2.38. The summed E-state index contributed by atoms with van der Waals surface area (Å²) in [5.74, 6) is 1.27. The zero-order chi connectivity index (χ0) is 9.64. The first kappa shape index (κ1) is 9.04. The molecule has 3 atom stereocenters. The van der Waals surface area contributed by atoms with Crippen molar-refractivity contribution in [2.45, 2.75) is 46.1 Å². The van der Waals surface area contributed by atoms with Crippen molar-refractivity contribution in [1.29, 1.82) is 0 Å². The van der Waals surface area contributed by atoms with Crippen LogP contribution in [0.4, 0.5) is 0 Å². The van der Waals surface area contributed by atoms with Crippen LogP contribution in [-0.2, 0) is 9.53 Å². The van der Waals surface area contributed by atoms with Crippen molar-refractivity contribution in [3.8, 4) is 0 Å². The summed E-state index contributed by atoms with van der Waals surface area (Å²) in [6.45, 7) is 6.15. The van der Waals surface area contributed by atoms with E-state index in [0.29, 0.717) is 11.3 Å². The zero-order valence-electron chi connectivity index (χ0n) is 8.67. The van der Waals surface area contributed by atoms with Crippen molar-refractivity contribution in [1.82, 2.24) is 0 Å². The van der Waals surface area contributed by atoms with Gasteiger partial charge in [0.2, 0.25) is 0 Å². The molecule has 0 spiro atoms. The van der Waals surface area contributed by atoms with Crippen LogP contribution >= 0.6 is 0 Å². The topological polar surface area (TPSA) is 26.3 Å². The number of rotatable bonds is 1. The standard InChI is InChI=1S/C11H18O2/c1-7(12)13-10-6-8-4-5-9(10)11(8,2)3/h8-10H,4-6H2,1-3H3/t8-,9+,10-/m1/s1. The summed E-state index contributed by atoms with van der Waals surface area (Å²) in [5, 5.41) is 0. The monoisotopic (exact) mass is 182 g/mol. The molecule has 0 aromatic rings. The number of esters is 1. The van der Waals surface area contributed by atoms with Crippen LogP contribution in [-0.4, -0.2) is 12.1 Å². The number of ether oxygens (including phenoxy) is 1. The van der Waals surface area contributed by atoms with E-state index < -0.39 is 0 Å². The highest BCUT2D eigenvalue weighted by Crippen LogP contribution is 2.58. The highest BCUT2D eigenvalue weighted by Gasteiger charge is 2.54. The molecule has 2 saturated carbocycles. The Morgan fingerprint density at radius 3 is 2.46 bits per heavy atom. The third-order valence-electron chi connectivity index (χ3n) is 4.12. The fourth-order valence-electron chi connectivity index (χ4n) is 3.30. The highest BCUT2D eigenvalue weighted by molar-refractivity contribution is 5.66. The van der Waals surface area contributed by atoms with Gasteiger partial charge in [-0.2, -0.15) is 0 Å². The van der Waals surface area contributed by atoms with Gasteiger partial charge in [-0.15, -0.1) is 0 Å². The quantitative estimate of drug-likeness (QED) is 0.582. The van der Waals surface area contributed by atoms with E-state index >= 15 is 0 Å². The first-order chi connectivity index (χ1) is 6.01. The maximum absolute atomic E-state index is 10.9. The molecule has 0 aliphatic heterocycles. The van der Waals surface area contributed by atoms with E-state index in [1.54, 1.807) is 0 Å². The fraction of sp³-hybridized carbons (Fsp3) is 0.909. The molecule has 0 saturated heterocycles. The Hall–Kier alpha value is -0.530. The van der Waals surface area contributed by atoms with Gasteiger partial charge in [-0.05, 0) is 30.6 Å². The molecule has 2 aliphatic carbocycles. The predicted octanol–water partition coefficient (Wildman–Crippen LogP) is 2.37. The maximum Gasteiger partial charge on any atom is 0.302 e. The Kier molecular flexibility index (Phi) is 1.90. The van der Waals surface area contributed by atoms with Crippen LogP contribution in [0.1, 0.15) is 40.0 Å². The largest absolute Gasteiger partial charge is 0.462 e. The lowest BCUT2D eigenvalue weighted by Crippen LogP contribution is -2.26. The lowest BCUT2D eigenvalue weighted by molar-refractivity contribution is -0.149. The van der Waals surface area contributed by atoms with E-state index in [9.17, 15) is 4.79 Å². The molecule has 0 amide bonds. The molecule has 2 rings (SSSR count). The highest BCUT2D eigenvalue weighted by atomic mass is 16.5. The Labute approximate surface area is 79.7 Å². The minimum Gasteiger partial charge on any atom is -0.462 e. The van der Waals surface area contributed by atoms with Crippen LogP contribution in [0.15, 0.2) is 0 Å². The van der Waals surface area contributed by atoms with Crippen LogP contribution in [0.25, 0.3) is 0 Å². The summed E-state index contributed by atoms with van der Waals surface area (Å²) >= 11 is 0. The van der Waals surface area contributed by atoms with E-state index in [2.05, 4.69) is 13.8 Å². The van der Waals surface area contributed by atoms with Crippen molar-refractivity contribution in [2.75, 3.05) is 0 Å². The SMILES string of the molecule is CC(=O)O[C@@H]1C[C@H]2CC[C@@H]1C2(C)C. The molecular formula is C11H18O2. The van der Waals surface area contributed by atoms with Gasteiger partial charge in [0, 0.05) is 12.8 Å². The van der Waals surface area contributed by atoms with E-state index in [1.807, 2.05) is 0 Å². The molecule has 2 bridgehead atoms. The van der Waals surface area contributed by atoms with Crippen molar-refractivity contribution < 1.29 is 9.53 Å². The maximum atomic E-state index is 10.9. The Balaban J connectivity index is 2.09. The number of hydrogen-bond acceptors (Lipinski definition) is 2. The summed E-state index contributed by atoms with van der Waals surface area (Å²) in [6.07, 6.45) is 3.88. The van der Waals surface area contributed by atoms with E-state index in [4.69, 9.17) is 4.74 Å². The predicted molar refractivity (Wildman–Crippen MR) is 50.2 cm³/mol. The molecule has 2 aliphatic rings. The Morgan fingerprint density at radius 2 is 2.08 bits per heavy atom. The third kappa shape index (κ3) is 1.27. The molecule has 2 fully saturated rings. The molecule has 0 N–H and O–H groups in total. The second kappa shape index (κ2) is 2.73. The van der Waals surface area contributed by atoms with Crippen LogP contribution in [0.3, 0.4) is 0 Å². The Bertz CT molecular complexity index is 232. The zero-order valence-corrected chi connectivity index (χ0v) is 8.67. The van der Waals surface area contributed by atoms with Gasteiger partial charge in [0.05, 0.1) is 0 Å². The van der Waals surface area contributed by atoms with Crippen molar-refractivity contribution >= 4 is 5.97 Å². The number of hydrogen-bond donors (Lipinski definition) is 0. The van der Waals surface area contributed by atoms with Gasteiger partial charge >= 0.3 is 5.97 Å². The van der Waals surface area contributed by atoms with E-state index in [1.165, 1.54) is 19.8 Å². The fourth-order valence-corrected chi connectivity index (χ4v) is 3.30. The average molecular weight is 182 g/mol. The molecule has 0 aromatic heterocycles. The number of fused-ring (bicyclic) bond motifs is 2. The van der Waals surface area contributed by atoms with Crippen LogP contribution in [0.2, 0.25) is 0 Å². The normalized spacial score (nSPS) is 40.7. The van der Waals surface area contributed by atoms with Crippen LogP contribution in [0, 0.1) is 17.3 Å². The Morgan fingerprint density at radius 1 is 1.38 bits per heavy atom. The van der Waals surface area contributed by atoms with E-state index in [-0.39, 0.29) is 12.1 Å². The minimum atomic E-state index is -0.117. The molecule has 74 valence electrons. The first-order valence-corrected chi connectivity index (χ1v) is 5.19. The third-order valence-corrected chi connectivity index (χ3v) is 4.12. The second-order valence-electron chi connectivity index (χ2n) is 5.09. The molecule has 0 heterocycles. The lowest BCUT2D eigenvalue weighted by Gasteiger charge is -2.25. The van der Waals surface area contributed by atoms with Crippen molar-refractivity contribution in [3.63, 3.8) is 0 Å². The van der Waals surface area contributed by atoms with Gasteiger partial charge in [0.1, 0.15) is 6.10 Å².